The lowest BCUT2D eigenvalue weighted by molar-refractivity contribution is -0.122. The van der Waals surface area contributed by atoms with Crippen LogP contribution >= 0.6 is 0 Å². The molecule has 2 aromatic carbocycles. The Bertz CT molecular complexity index is 729. The number of carbonyl (C=O) groups excluding carboxylic acids is 1. The molecule has 0 radical (unpaired) electrons. The van der Waals surface area contributed by atoms with E-state index in [9.17, 15) is 4.79 Å². The van der Waals surface area contributed by atoms with Gasteiger partial charge in [0.1, 0.15) is 6.54 Å². The van der Waals surface area contributed by atoms with E-state index in [0.717, 1.165) is 23.1 Å². The van der Waals surface area contributed by atoms with Gasteiger partial charge in [-0.15, -0.1) is 5.69 Å². The van der Waals surface area contributed by atoms with Crippen molar-refractivity contribution >= 4 is 11.6 Å². The van der Waals surface area contributed by atoms with E-state index in [-0.39, 0.29) is 18.4 Å². The van der Waals surface area contributed by atoms with Crippen molar-refractivity contribution in [3.63, 3.8) is 0 Å². The van der Waals surface area contributed by atoms with Crippen LogP contribution in [0, 0.1) is 17.2 Å². The van der Waals surface area contributed by atoms with Crippen molar-refractivity contribution in [2.45, 2.75) is 26.2 Å². The van der Waals surface area contributed by atoms with Crippen LogP contribution in [-0.4, -0.2) is 12.5 Å². The third-order valence-corrected chi connectivity index (χ3v) is 3.87. The van der Waals surface area contributed by atoms with Crippen molar-refractivity contribution in [3.05, 3.63) is 59.8 Å². The summed E-state index contributed by atoms with van der Waals surface area (Å²) in [6.07, 6.45) is 0.729. The summed E-state index contributed by atoms with van der Waals surface area (Å²) in [5.74, 6) is -0.00764. The molecule has 124 valence electrons. The van der Waals surface area contributed by atoms with Gasteiger partial charge in [-0.05, 0) is 29.0 Å². The molecule has 0 fully saturated rings. The maximum atomic E-state index is 12.4. The van der Waals surface area contributed by atoms with Crippen LogP contribution in [0.25, 0.3) is 16.9 Å². The Morgan fingerprint density at radius 1 is 1.17 bits per heavy atom. The van der Waals surface area contributed by atoms with Gasteiger partial charge in [0.15, 0.2) is 0 Å². The smallest absolute Gasteiger partial charge is 0.228 e. The maximum absolute atomic E-state index is 12.4. The molecule has 0 saturated carbocycles. The van der Waals surface area contributed by atoms with Gasteiger partial charge in [0.2, 0.25) is 5.91 Å². The average Bonchev–Trinajstić information content (AvgIpc) is 2.58. The molecule has 0 aliphatic rings. The van der Waals surface area contributed by atoms with E-state index in [4.69, 9.17) is 11.0 Å². The zero-order valence-corrected chi connectivity index (χ0v) is 14.0. The van der Waals surface area contributed by atoms with Crippen LogP contribution in [0.2, 0.25) is 0 Å². The highest BCUT2D eigenvalue weighted by molar-refractivity contribution is 5.84. The van der Waals surface area contributed by atoms with Gasteiger partial charge < -0.3 is 11.1 Å². The van der Waals surface area contributed by atoms with Crippen LogP contribution in [0.15, 0.2) is 48.5 Å². The first-order chi connectivity index (χ1) is 11.5. The molecule has 0 unspecified atom stereocenters. The van der Waals surface area contributed by atoms with Crippen molar-refractivity contribution in [2.24, 2.45) is 5.92 Å². The van der Waals surface area contributed by atoms with E-state index >= 15 is 0 Å². The molecule has 0 saturated heterocycles. The molecule has 2 N–H and O–H groups in total. The Hall–Kier alpha value is -2.80. The van der Waals surface area contributed by atoms with Crippen LogP contribution in [0.5, 0.6) is 0 Å². The minimum atomic E-state index is -0.270. The first-order valence-corrected chi connectivity index (χ1v) is 8.08. The standard InChI is InChI=1S/C20H22N3O/c1-14(2)12-19(20(24)23-11-10-21)17-5-3-4-16(13-17)15-6-8-18(22)9-7-15/h3-9,13-14,19,22H,11-12H2,1-2H3,(H,23,24)/q-1/t19-/m1/s1. The van der Waals surface area contributed by atoms with Crippen LogP contribution in [-0.2, 0) is 4.79 Å². The molecule has 0 aromatic heterocycles. The first kappa shape index (κ1) is 17.6. The van der Waals surface area contributed by atoms with Crippen LogP contribution in [0.4, 0.5) is 5.69 Å². The second-order valence-electron chi connectivity index (χ2n) is 6.26. The molecule has 1 atom stereocenters. The topological polar surface area (TPSA) is 76.7 Å². The zero-order chi connectivity index (χ0) is 17.5. The minimum Gasteiger partial charge on any atom is -0.699 e. The normalized spacial score (nSPS) is 11.8. The largest absolute Gasteiger partial charge is 0.699 e. The number of benzene rings is 2. The van der Waals surface area contributed by atoms with Gasteiger partial charge >= 0.3 is 0 Å². The summed E-state index contributed by atoms with van der Waals surface area (Å²) < 4.78 is 0. The Balaban J connectivity index is 2.32. The predicted molar refractivity (Wildman–Crippen MR) is 96.7 cm³/mol. The molecule has 2 aromatic rings. The summed E-state index contributed by atoms with van der Waals surface area (Å²) in [6.45, 7) is 4.20. The second-order valence-corrected chi connectivity index (χ2v) is 6.26. The summed E-state index contributed by atoms with van der Waals surface area (Å²) >= 11 is 0. The molecule has 4 heteroatoms. The van der Waals surface area contributed by atoms with Crippen LogP contribution in [0.1, 0.15) is 31.7 Å². The molecule has 0 bridgehead atoms. The molecule has 0 heterocycles. The van der Waals surface area contributed by atoms with E-state index in [0.29, 0.717) is 11.6 Å². The lowest BCUT2D eigenvalue weighted by Crippen LogP contribution is -2.30. The minimum absolute atomic E-state index is 0.0259. The quantitative estimate of drug-likeness (QED) is 0.775. The Labute approximate surface area is 143 Å². The number of hydrogen-bond acceptors (Lipinski definition) is 2. The fourth-order valence-corrected chi connectivity index (χ4v) is 2.71. The summed E-state index contributed by atoms with van der Waals surface area (Å²) in [4.78, 5) is 12.4. The fraction of sp³-hybridized carbons (Fsp3) is 0.300. The van der Waals surface area contributed by atoms with Gasteiger partial charge in [0.25, 0.3) is 0 Å². The predicted octanol–water partition coefficient (Wildman–Crippen LogP) is 4.81. The van der Waals surface area contributed by atoms with Gasteiger partial charge in [0, 0.05) is 0 Å². The first-order valence-electron chi connectivity index (χ1n) is 8.08. The number of nitriles is 1. The van der Waals surface area contributed by atoms with E-state index in [1.54, 1.807) is 12.1 Å². The van der Waals surface area contributed by atoms with E-state index < -0.39 is 0 Å². The van der Waals surface area contributed by atoms with E-state index in [1.165, 1.54) is 0 Å². The SMILES string of the molecule is CC(C)C[C@@H](C(=O)NCC#N)c1cccc(-c2ccc([NH-])cc2)c1. The number of amides is 1. The highest BCUT2D eigenvalue weighted by Gasteiger charge is 2.21. The van der Waals surface area contributed by atoms with Crippen LogP contribution in [0.3, 0.4) is 0 Å². The van der Waals surface area contributed by atoms with E-state index in [2.05, 4.69) is 19.2 Å². The van der Waals surface area contributed by atoms with Gasteiger partial charge in [-0.3, -0.25) is 4.79 Å². The molecule has 1 amide bonds. The summed E-state index contributed by atoms with van der Waals surface area (Å²) in [5.41, 5.74) is 11.1. The van der Waals surface area contributed by atoms with Gasteiger partial charge in [-0.2, -0.15) is 5.26 Å². The highest BCUT2D eigenvalue weighted by Crippen LogP contribution is 2.29. The molecular weight excluding hydrogens is 298 g/mol. The van der Waals surface area contributed by atoms with Crippen LogP contribution < -0.4 is 5.32 Å². The van der Waals surface area contributed by atoms with Crippen molar-refractivity contribution in [2.75, 3.05) is 6.54 Å². The molecule has 4 nitrogen and oxygen atoms in total. The lowest BCUT2D eigenvalue weighted by Gasteiger charge is -2.19. The number of nitrogens with one attached hydrogen (secondary N) is 2. The molecule has 0 aliphatic heterocycles. The van der Waals surface area contributed by atoms with Crippen molar-refractivity contribution in [3.8, 4) is 17.2 Å². The lowest BCUT2D eigenvalue weighted by atomic mass is 9.88. The summed E-state index contributed by atoms with van der Waals surface area (Å²) in [6, 6.07) is 17.2. The number of nitrogens with zero attached hydrogens (tertiary/aromatic N) is 1. The third-order valence-electron chi connectivity index (χ3n) is 3.87. The molecule has 24 heavy (non-hydrogen) atoms. The summed E-state index contributed by atoms with van der Waals surface area (Å²) in [5, 5.41) is 11.4. The molecule has 2 rings (SSSR count). The molecular formula is C20H22N3O-. The Morgan fingerprint density at radius 3 is 2.50 bits per heavy atom. The Kier molecular flexibility index (Phi) is 5.97. The summed E-state index contributed by atoms with van der Waals surface area (Å²) in [7, 11) is 0. The van der Waals surface area contributed by atoms with Crippen molar-refractivity contribution in [1.82, 2.24) is 5.32 Å². The number of carbonyl (C=O) groups is 1. The van der Waals surface area contributed by atoms with Gasteiger partial charge in [0.05, 0.1) is 12.0 Å². The van der Waals surface area contributed by atoms with Gasteiger partial charge in [-0.1, -0.05) is 62.4 Å². The van der Waals surface area contributed by atoms with E-state index in [1.807, 2.05) is 42.5 Å². The highest BCUT2D eigenvalue weighted by atomic mass is 16.1. The monoisotopic (exact) mass is 320 g/mol. The zero-order valence-electron chi connectivity index (χ0n) is 14.0. The van der Waals surface area contributed by atoms with Gasteiger partial charge in [-0.25, -0.2) is 0 Å². The molecule has 0 aliphatic carbocycles. The fourth-order valence-electron chi connectivity index (χ4n) is 2.71. The molecule has 0 spiro atoms. The third kappa shape index (κ3) is 4.60. The average molecular weight is 320 g/mol. The second kappa shape index (κ2) is 8.16. The van der Waals surface area contributed by atoms with Crippen molar-refractivity contribution in [1.29, 1.82) is 5.26 Å². The van der Waals surface area contributed by atoms with Crippen molar-refractivity contribution < 1.29 is 4.79 Å². The Morgan fingerprint density at radius 2 is 1.88 bits per heavy atom. The maximum Gasteiger partial charge on any atom is 0.228 e. The number of hydrogen-bond donors (Lipinski definition) is 1. The number of rotatable bonds is 6.